The molecule has 1 unspecified atom stereocenters. The number of aryl methyl sites for hydroxylation is 1. The van der Waals surface area contributed by atoms with Crippen molar-refractivity contribution in [2.24, 2.45) is 12.8 Å². The molecule has 3 heterocycles. The molecule has 0 spiro atoms. The normalized spacial score (nSPS) is 12.0. The zero-order valence-corrected chi connectivity index (χ0v) is 19.6. The molecule has 4 aromatic rings. The number of nitrogen functional groups attached to an aromatic ring is 1. The number of likely N-dealkylation sites (N-methyl/N-ethyl adjacent to an activating group) is 1. The van der Waals surface area contributed by atoms with Gasteiger partial charge in [0.1, 0.15) is 5.82 Å². The van der Waals surface area contributed by atoms with Crippen LogP contribution in [0.2, 0.25) is 0 Å². The van der Waals surface area contributed by atoms with Crippen LogP contribution in [0.1, 0.15) is 19.7 Å². The maximum atomic E-state index is 13.6. The average Bonchev–Trinajstić information content (AvgIpc) is 3.18. The van der Waals surface area contributed by atoms with E-state index in [1.165, 1.54) is 4.57 Å². The number of hydrogen-bond acceptors (Lipinski definition) is 8. The highest BCUT2D eigenvalue weighted by atomic mass is 16.2. The molecule has 0 fully saturated rings. The van der Waals surface area contributed by atoms with Gasteiger partial charge in [-0.05, 0) is 26.0 Å². The molecule has 11 nitrogen and oxygen atoms in total. The monoisotopic (exact) mass is 461 g/mol. The highest BCUT2D eigenvalue weighted by Crippen LogP contribution is 2.20. The second-order valence-corrected chi connectivity index (χ2v) is 8.23. The lowest BCUT2D eigenvalue weighted by Crippen LogP contribution is -2.40. The van der Waals surface area contributed by atoms with Crippen LogP contribution >= 0.6 is 0 Å². The first-order valence-electron chi connectivity index (χ1n) is 10.8. The number of benzene rings is 1. The lowest BCUT2D eigenvalue weighted by atomic mass is 10.2. The van der Waals surface area contributed by atoms with E-state index in [9.17, 15) is 9.59 Å². The van der Waals surface area contributed by atoms with Gasteiger partial charge in [-0.3, -0.25) is 18.5 Å². The summed E-state index contributed by atoms with van der Waals surface area (Å²) < 4.78 is 4.15. The smallest absolute Gasteiger partial charge is 0.332 e. The van der Waals surface area contributed by atoms with Gasteiger partial charge in [0.15, 0.2) is 17.0 Å². The second-order valence-electron chi connectivity index (χ2n) is 8.23. The summed E-state index contributed by atoms with van der Waals surface area (Å²) in [5.74, 6) is 6.89. The number of hydrogen-bond donors (Lipinski definition) is 2. The van der Waals surface area contributed by atoms with E-state index in [0.29, 0.717) is 23.4 Å². The molecule has 0 amide bonds. The van der Waals surface area contributed by atoms with Crippen LogP contribution in [-0.2, 0) is 20.1 Å². The molecule has 3 aromatic heterocycles. The third-order valence-electron chi connectivity index (χ3n) is 5.51. The fraction of sp³-hybridized carbons (Fsp3) is 0.348. The molecular weight excluding hydrogens is 434 g/mol. The molecule has 4 rings (SSSR count). The Kier molecular flexibility index (Phi) is 6.08. The van der Waals surface area contributed by atoms with Crippen molar-refractivity contribution in [3.8, 4) is 11.8 Å². The van der Waals surface area contributed by atoms with Crippen molar-refractivity contribution in [3.63, 3.8) is 0 Å². The van der Waals surface area contributed by atoms with Crippen LogP contribution < -0.4 is 27.6 Å². The molecule has 0 saturated heterocycles. The first kappa shape index (κ1) is 23.0. The van der Waals surface area contributed by atoms with Crippen molar-refractivity contribution in [2.45, 2.75) is 33.0 Å². The SMILES string of the molecule is CC#CCn1c(N(C)CC(C)N)nc2c1c(=O)n(Cc1nc(N)c3ccccc3n1)c(=O)n2C. The number of fused-ring (bicyclic) bond motifs is 2. The zero-order valence-electron chi connectivity index (χ0n) is 19.6. The third-order valence-corrected chi connectivity index (χ3v) is 5.51. The lowest BCUT2D eigenvalue weighted by molar-refractivity contribution is 0.634. The third kappa shape index (κ3) is 3.99. The van der Waals surface area contributed by atoms with Crippen LogP contribution in [0.4, 0.5) is 11.8 Å². The van der Waals surface area contributed by atoms with E-state index in [2.05, 4.69) is 26.8 Å². The maximum Gasteiger partial charge on any atom is 0.332 e. The highest BCUT2D eigenvalue weighted by molar-refractivity contribution is 5.87. The first-order valence-corrected chi connectivity index (χ1v) is 10.8. The molecule has 34 heavy (non-hydrogen) atoms. The van der Waals surface area contributed by atoms with Gasteiger partial charge in [-0.2, -0.15) is 4.98 Å². The number of imidazole rings is 1. The van der Waals surface area contributed by atoms with E-state index < -0.39 is 11.2 Å². The Morgan fingerprint density at radius 2 is 1.88 bits per heavy atom. The molecule has 4 N–H and O–H groups in total. The van der Waals surface area contributed by atoms with Gasteiger partial charge < -0.3 is 16.4 Å². The molecule has 0 aliphatic carbocycles. The van der Waals surface area contributed by atoms with Gasteiger partial charge >= 0.3 is 5.69 Å². The lowest BCUT2D eigenvalue weighted by Gasteiger charge is -2.20. The first-order chi connectivity index (χ1) is 16.2. The Bertz CT molecular complexity index is 1570. The van der Waals surface area contributed by atoms with Crippen LogP contribution in [-0.4, -0.2) is 48.3 Å². The summed E-state index contributed by atoms with van der Waals surface area (Å²) in [6, 6.07) is 7.19. The fourth-order valence-electron chi connectivity index (χ4n) is 3.98. The quantitative estimate of drug-likeness (QED) is 0.390. The number of para-hydroxylation sites is 1. The standard InChI is InChI=1S/C23H27N9O2/c1-5-6-11-31-18-20(28-22(31)29(3)12-14(2)24)30(4)23(34)32(21(18)33)13-17-26-16-10-8-7-9-15(16)19(25)27-17/h7-10,14H,11-13,24H2,1-4H3,(H2,25,26,27). The van der Waals surface area contributed by atoms with E-state index in [-0.39, 0.29) is 41.9 Å². The highest BCUT2D eigenvalue weighted by Gasteiger charge is 2.23. The number of rotatable bonds is 6. The Labute approximate surface area is 195 Å². The maximum absolute atomic E-state index is 13.6. The second kappa shape index (κ2) is 8.99. The van der Waals surface area contributed by atoms with Crippen LogP contribution in [0.5, 0.6) is 0 Å². The summed E-state index contributed by atoms with van der Waals surface area (Å²) in [7, 11) is 3.41. The largest absolute Gasteiger partial charge is 0.383 e. The van der Waals surface area contributed by atoms with Crippen LogP contribution in [0.3, 0.4) is 0 Å². The van der Waals surface area contributed by atoms with Crippen LogP contribution in [0, 0.1) is 11.8 Å². The molecule has 1 aromatic carbocycles. The van der Waals surface area contributed by atoms with E-state index >= 15 is 0 Å². The van der Waals surface area contributed by atoms with Crippen LogP contribution in [0.15, 0.2) is 33.9 Å². The number of nitrogens with two attached hydrogens (primary N) is 2. The predicted molar refractivity (Wildman–Crippen MR) is 133 cm³/mol. The van der Waals surface area contributed by atoms with Gasteiger partial charge in [-0.15, -0.1) is 5.92 Å². The van der Waals surface area contributed by atoms with E-state index in [0.717, 1.165) is 4.57 Å². The summed E-state index contributed by atoms with van der Waals surface area (Å²) in [4.78, 5) is 42.0. The fourth-order valence-corrected chi connectivity index (χ4v) is 3.98. The summed E-state index contributed by atoms with van der Waals surface area (Å²) in [5, 5.41) is 0.708. The number of nitrogens with zero attached hydrogens (tertiary/aromatic N) is 7. The Morgan fingerprint density at radius 3 is 2.59 bits per heavy atom. The predicted octanol–water partition coefficient (Wildman–Crippen LogP) is 0.277. The number of aromatic nitrogens is 6. The molecule has 0 radical (unpaired) electrons. The van der Waals surface area contributed by atoms with E-state index in [4.69, 9.17) is 11.5 Å². The summed E-state index contributed by atoms with van der Waals surface area (Å²) in [6.07, 6.45) is 0. The molecule has 0 aliphatic heterocycles. The van der Waals surface area contributed by atoms with E-state index in [1.54, 1.807) is 24.6 Å². The van der Waals surface area contributed by atoms with Gasteiger partial charge in [0.25, 0.3) is 5.56 Å². The molecule has 11 heteroatoms. The zero-order chi connectivity index (χ0) is 24.6. The minimum Gasteiger partial charge on any atom is -0.383 e. The van der Waals surface area contributed by atoms with Gasteiger partial charge in [-0.25, -0.2) is 14.8 Å². The summed E-state index contributed by atoms with van der Waals surface area (Å²) in [6.45, 7) is 4.22. The van der Waals surface area contributed by atoms with Crippen molar-refractivity contribution in [1.82, 2.24) is 28.7 Å². The van der Waals surface area contributed by atoms with Gasteiger partial charge in [-0.1, -0.05) is 18.1 Å². The molecule has 176 valence electrons. The van der Waals surface area contributed by atoms with Crippen LogP contribution in [0.25, 0.3) is 22.1 Å². The molecule has 1 atom stereocenters. The van der Waals surface area contributed by atoms with Gasteiger partial charge in [0.2, 0.25) is 5.95 Å². The molecule has 0 saturated carbocycles. The van der Waals surface area contributed by atoms with E-state index in [1.807, 2.05) is 37.1 Å². The van der Waals surface area contributed by atoms with Crippen molar-refractivity contribution < 1.29 is 0 Å². The van der Waals surface area contributed by atoms with Gasteiger partial charge in [0.05, 0.1) is 18.6 Å². The van der Waals surface area contributed by atoms with Gasteiger partial charge in [0, 0.05) is 32.1 Å². The topological polar surface area (TPSA) is 143 Å². The minimum atomic E-state index is -0.527. The molecule has 0 aliphatic rings. The van der Waals surface area contributed by atoms with Crippen molar-refractivity contribution >= 4 is 33.8 Å². The van der Waals surface area contributed by atoms with Crippen molar-refractivity contribution in [1.29, 1.82) is 0 Å². The Morgan fingerprint density at radius 1 is 1.15 bits per heavy atom. The number of anilines is 2. The summed E-state index contributed by atoms with van der Waals surface area (Å²) >= 11 is 0. The average molecular weight is 462 g/mol. The van der Waals surface area contributed by atoms with Crippen molar-refractivity contribution in [2.75, 3.05) is 24.2 Å². The summed E-state index contributed by atoms with van der Waals surface area (Å²) in [5.41, 5.74) is 12.2. The van der Waals surface area contributed by atoms with Crippen molar-refractivity contribution in [3.05, 3.63) is 50.9 Å². The molecular formula is C23H27N9O2. The Hall–Kier alpha value is -4.17. The Balaban J connectivity index is 1.93. The molecule has 0 bridgehead atoms. The minimum absolute atomic E-state index is 0.119.